The Kier molecular flexibility index (Phi) is 4.63. The summed E-state index contributed by atoms with van der Waals surface area (Å²) in [6.07, 6.45) is 0. The summed E-state index contributed by atoms with van der Waals surface area (Å²) in [5.41, 5.74) is 1.84. The lowest BCUT2D eigenvalue weighted by Gasteiger charge is -2.40. The van der Waals surface area contributed by atoms with Crippen LogP contribution in [-0.4, -0.2) is 33.1 Å². The molecule has 26 heavy (non-hydrogen) atoms. The summed E-state index contributed by atoms with van der Waals surface area (Å²) in [5, 5.41) is 13.3. The van der Waals surface area contributed by atoms with E-state index in [1.807, 2.05) is 12.1 Å². The van der Waals surface area contributed by atoms with Crippen LogP contribution in [0.25, 0.3) is 0 Å². The summed E-state index contributed by atoms with van der Waals surface area (Å²) in [7, 11) is 0. The first-order chi connectivity index (χ1) is 12.0. The molecule has 0 amide bonds. The Morgan fingerprint density at radius 2 is 1.54 bits per heavy atom. The summed E-state index contributed by atoms with van der Waals surface area (Å²) < 4.78 is 1.61. The average Bonchev–Trinajstić information content (AvgIpc) is 2.50. The molecule has 2 aromatic heterocycles. The lowest BCUT2D eigenvalue weighted by Crippen LogP contribution is -2.50. The van der Waals surface area contributed by atoms with Gasteiger partial charge in [0.15, 0.2) is 5.82 Å². The molecule has 0 radical (unpaired) electrons. The van der Waals surface area contributed by atoms with Gasteiger partial charge in [0.05, 0.1) is 17.9 Å². The fourth-order valence-corrected chi connectivity index (χ4v) is 2.99. The molecule has 140 valence electrons. The molecule has 1 fully saturated rings. The molecule has 1 aliphatic heterocycles. The monoisotopic (exact) mass is 355 g/mol. The van der Waals surface area contributed by atoms with Gasteiger partial charge in [0.1, 0.15) is 0 Å². The van der Waals surface area contributed by atoms with Crippen LogP contribution in [0.5, 0.6) is 0 Å². The zero-order valence-electron chi connectivity index (χ0n) is 16.7. The van der Waals surface area contributed by atoms with Gasteiger partial charge in [-0.2, -0.15) is 10.2 Å². The van der Waals surface area contributed by atoms with E-state index in [1.54, 1.807) is 10.7 Å². The Morgan fingerprint density at radius 3 is 2.08 bits per heavy atom. The quantitative estimate of drug-likeness (QED) is 0.847. The van der Waals surface area contributed by atoms with Crippen LogP contribution in [0.2, 0.25) is 0 Å². The normalized spacial score (nSPS) is 15.8. The zero-order valence-corrected chi connectivity index (χ0v) is 16.7. The summed E-state index contributed by atoms with van der Waals surface area (Å²) in [4.78, 5) is 14.3. The van der Waals surface area contributed by atoms with Crippen molar-refractivity contribution in [1.29, 1.82) is 0 Å². The van der Waals surface area contributed by atoms with Crippen molar-refractivity contribution in [2.75, 3.05) is 18.0 Å². The van der Waals surface area contributed by atoms with Crippen LogP contribution in [-0.2, 0) is 17.4 Å². The van der Waals surface area contributed by atoms with Crippen LogP contribution in [0.3, 0.4) is 0 Å². The topological polar surface area (TPSA) is 63.9 Å². The van der Waals surface area contributed by atoms with Gasteiger partial charge in [-0.3, -0.25) is 4.79 Å². The molecule has 0 bridgehead atoms. The van der Waals surface area contributed by atoms with Gasteiger partial charge in [-0.1, -0.05) is 41.5 Å². The second-order valence-electron chi connectivity index (χ2n) is 9.29. The van der Waals surface area contributed by atoms with E-state index in [-0.39, 0.29) is 16.4 Å². The minimum absolute atomic E-state index is 0.00786. The second kappa shape index (κ2) is 6.49. The Labute approximate surface area is 155 Å². The van der Waals surface area contributed by atoms with Crippen LogP contribution in [0.4, 0.5) is 5.82 Å². The molecule has 6 heteroatoms. The van der Waals surface area contributed by atoms with Crippen LogP contribution < -0.4 is 10.5 Å². The standard InChI is InChI=1S/C20H29N5O/c1-19(2,3)15-7-9-17(22-21-15)24-11-14(12-24)13-25-18(26)10-8-16(23-25)20(4,5)6/h7-10,14H,11-13H2,1-6H3. The Balaban J connectivity index is 1.63. The third kappa shape index (κ3) is 3.94. The first-order valence-corrected chi connectivity index (χ1v) is 9.22. The van der Waals surface area contributed by atoms with E-state index in [0.29, 0.717) is 12.5 Å². The number of hydrogen-bond acceptors (Lipinski definition) is 5. The molecule has 0 aromatic carbocycles. The highest BCUT2D eigenvalue weighted by molar-refractivity contribution is 5.41. The predicted molar refractivity (Wildman–Crippen MR) is 104 cm³/mol. The third-order valence-electron chi connectivity index (χ3n) is 4.77. The molecule has 0 unspecified atom stereocenters. The number of hydrogen-bond donors (Lipinski definition) is 0. The van der Waals surface area contributed by atoms with E-state index in [0.717, 1.165) is 30.3 Å². The maximum Gasteiger partial charge on any atom is 0.266 e. The van der Waals surface area contributed by atoms with Crippen molar-refractivity contribution in [3.63, 3.8) is 0 Å². The highest BCUT2D eigenvalue weighted by atomic mass is 16.1. The van der Waals surface area contributed by atoms with Crippen LogP contribution in [0.15, 0.2) is 29.1 Å². The molecule has 0 atom stereocenters. The highest BCUT2D eigenvalue weighted by Gasteiger charge is 2.29. The molecule has 1 aliphatic rings. The van der Waals surface area contributed by atoms with Crippen LogP contribution in [0.1, 0.15) is 52.9 Å². The molecule has 0 saturated carbocycles. The fraction of sp³-hybridized carbons (Fsp3) is 0.600. The number of nitrogens with zero attached hydrogens (tertiary/aromatic N) is 5. The van der Waals surface area contributed by atoms with Crippen molar-refractivity contribution >= 4 is 5.82 Å². The van der Waals surface area contributed by atoms with Crippen molar-refractivity contribution in [2.45, 2.75) is 58.9 Å². The molecule has 2 aromatic rings. The molecule has 6 nitrogen and oxygen atoms in total. The number of rotatable bonds is 3. The van der Waals surface area contributed by atoms with Crippen molar-refractivity contribution < 1.29 is 0 Å². The lowest BCUT2D eigenvalue weighted by molar-refractivity contribution is 0.327. The van der Waals surface area contributed by atoms with E-state index in [4.69, 9.17) is 0 Å². The predicted octanol–water partition coefficient (Wildman–Crippen LogP) is 2.76. The van der Waals surface area contributed by atoms with Gasteiger partial charge in [0, 0.05) is 35.9 Å². The number of aromatic nitrogens is 4. The van der Waals surface area contributed by atoms with E-state index >= 15 is 0 Å². The van der Waals surface area contributed by atoms with Crippen molar-refractivity contribution in [3.8, 4) is 0 Å². The van der Waals surface area contributed by atoms with Gasteiger partial charge >= 0.3 is 0 Å². The Bertz CT molecular complexity index is 821. The van der Waals surface area contributed by atoms with Crippen molar-refractivity contribution in [3.05, 3.63) is 46.0 Å². The van der Waals surface area contributed by atoms with Crippen molar-refractivity contribution in [2.24, 2.45) is 5.92 Å². The van der Waals surface area contributed by atoms with Crippen molar-refractivity contribution in [1.82, 2.24) is 20.0 Å². The smallest absolute Gasteiger partial charge is 0.266 e. The summed E-state index contributed by atoms with van der Waals surface area (Å²) in [6, 6.07) is 7.54. The van der Waals surface area contributed by atoms with E-state index in [2.05, 4.69) is 67.8 Å². The van der Waals surface area contributed by atoms with Crippen LogP contribution >= 0.6 is 0 Å². The van der Waals surface area contributed by atoms with E-state index in [9.17, 15) is 4.79 Å². The van der Waals surface area contributed by atoms with Gasteiger partial charge in [-0.25, -0.2) is 4.68 Å². The highest BCUT2D eigenvalue weighted by Crippen LogP contribution is 2.26. The zero-order chi connectivity index (χ0) is 19.1. The lowest BCUT2D eigenvalue weighted by atomic mass is 9.92. The van der Waals surface area contributed by atoms with Crippen LogP contribution in [0, 0.1) is 5.92 Å². The first-order valence-electron chi connectivity index (χ1n) is 9.22. The maximum atomic E-state index is 12.1. The molecule has 0 spiro atoms. The largest absolute Gasteiger partial charge is 0.354 e. The third-order valence-corrected chi connectivity index (χ3v) is 4.77. The average molecular weight is 355 g/mol. The summed E-state index contributed by atoms with van der Waals surface area (Å²) >= 11 is 0. The molecule has 0 N–H and O–H groups in total. The molecule has 3 rings (SSSR count). The van der Waals surface area contributed by atoms with Gasteiger partial charge < -0.3 is 4.90 Å². The van der Waals surface area contributed by atoms with E-state index in [1.165, 1.54) is 0 Å². The summed E-state index contributed by atoms with van der Waals surface area (Å²) in [5.74, 6) is 1.30. The minimum Gasteiger partial charge on any atom is -0.354 e. The van der Waals surface area contributed by atoms with Gasteiger partial charge in [0.25, 0.3) is 5.56 Å². The molecular weight excluding hydrogens is 326 g/mol. The van der Waals surface area contributed by atoms with Gasteiger partial charge in [-0.15, -0.1) is 5.10 Å². The molecule has 3 heterocycles. The fourth-order valence-electron chi connectivity index (χ4n) is 2.99. The summed E-state index contributed by atoms with van der Waals surface area (Å²) in [6.45, 7) is 15.1. The SMILES string of the molecule is CC(C)(C)c1ccc(N2CC(Cn3nc(C(C)(C)C)ccc3=O)C2)nn1. The van der Waals surface area contributed by atoms with E-state index < -0.39 is 0 Å². The number of anilines is 1. The van der Waals surface area contributed by atoms with Gasteiger partial charge in [-0.05, 0) is 18.2 Å². The molecular formula is C20H29N5O. The molecule has 1 saturated heterocycles. The Morgan fingerprint density at radius 1 is 0.923 bits per heavy atom. The molecule has 0 aliphatic carbocycles. The Hall–Kier alpha value is -2.24. The maximum absolute atomic E-state index is 12.1. The second-order valence-corrected chi connectivity index (χ2v) is 9.29. The minimum atomic E-state index is -0.0640. The first kappa shape index (κ1) is 18.5. The van der Waals surface area contributed by atoms with Gasteiger partial charge in [0.2, 0.25) is 0 Å².